The van der Waals surface area contributed by atoms with Crippen LogP contribution in [0.2, 0.25) is 0 Å². The van der Waals surface area contributed by atoms with Gasteiger partial charge >= 0.3 is 0 Å². The molecule has 0 aliphatic rings. The van der Waals surface area contributed by atoms with E-state index in [0.29, 0.717) is 11.5 Å². The molecule has 0 saturated heterocycles. The Bertz CT molecular complexity index is 1020. The zero-order valence-electron chi connectivity index (χ0n) is 16.8. The number of hydrogen-bond acceptors (Lipinski definition) is 4. The standard InChI is InChI=1S/C24H25N3S/c1-16(2)11-19-6-8-20(9-7-19)23-15-28-24(27-23)21(13-25)14-26-22-10-5-17(3)18(4)12-22/h5-10,12,14-16,26H,11H2,1-4H3. The SMILES string of the molecule is Cc1ccc(NC=C(C#N)c2nc(-c3ccc(CC(C)C)cc3)cs2)cc1C. The first-order valence-corrected chi connectivity index (χ1v) is 10.3. The molecule has 0 unspecified atom stereocenters. The van der Waals surface area contributed by atoms with Crippen molar-refractivity contribution in [1.82, 2.24) is 4.98 Å². The van der Waals surface area contributed by atoms with Crippen LogP contribution in [0.3, 0.4) is 0 Å². The van der Waals surface area contributed by atoms with Crippen LogP contribution in [-0.2, 0) is 6.42 Å². The van der Waals surface area contributed by atoms with Crippen LogP contribution in [-0.4, -0.2) is 4.98 Å². The molecular weight excluding hydrogens is 362 g/mol. The van der Waals surface area contributed by atoms with Crippen LogP contribution in [0.5, 0.6) is 0 Å². The number of benzene rings is 2. The first-order valence-electron chi connectivity index (χ1n) is 9.45. The maximum Gasteiger partial charge on any atom is 0.136 e. The van der Waals surface area contributed by atoms with Gasteiger partial charge in [-0.3, -0.25) is 0 Å². The molecule has 0 radical (unpaired) electrons. The highest BCUT2D eigenvalue weighted by molar-refractivity contribution is 7.11. The normalized spacial score (nSPS) is 11.5. The zero-order chi connectivity index (χ0) is 20.1. The van der Waals surface area contributed by atoms with E-state index in [9.17, 15) is 5.26 Å². The van der Waals surface area contributed by atoms with Gasteiger partial charge in [0.2, 0.25) is 0 Å². The monoisotopic (exact) mass is 387 g/mol. The summed E-state index contributed by atoms with van der Waals surface area (Å²) in [4.78, 5) is 4.67. The van der Waals surface area contributed by atoms with E-state index >= 15 is 0 Å². The first kappa shape index (κ1) is 19.9. The number of aromatic nitrogens is 1. The molecule has 28 heavy (non-hydrogen) atoms. The third kappa shape index (κ3) is 4.88. The molecule has 0 amide bonds. The summed E-state index contributed by atoms with van der Waals surface area (Å²) in [5, 5.41) is 15.5. The van der Waals surface area contributed by atoms with Crippen LogP contribution in [0.4, 0.5) is 5.69 Å². The van der Waals surface area contributed by atoms with Crippen molar-refractivity contribution in [2.45, 2.75) is 34.1 Å². The lowest BCUT2D eigenvalue weighted by molar-refractivity contribution is 0.647. The second kappa shape index (κ2) is 8.86. The summed E-state index contributed by atoms with van der Waals surface area (Å²) in [5.41, 5.74) is 7.29. The molecule has 1 heterocycles. The molecule has 4 heteroatoms. The predicted octanol–water partition coefficient (Wildman–Crippen LogP) is 6.60. The number of nitrogens with zero attached hydrogens (tertiary/aromatic N) is 2. The highest BCUT2D eigenvalue weighted by atomic mass is 32.1. The molecule has 1 N–H and O–H groups in total. The van der Waals surface area contributed by atoms with E-state index < -0.39 is 0 Å². The van der Waals surface area contributed by atoms with E-state index in [1.165, 1.54) is 28.0 Å². The maximum atomic E-state index is 9.56. The second-order valence-corrected chi connectivity index (χ2v) is 8.30. The topological polar surface area (TPSA) is 48.7 Å². The number of nitrogens with one attached hydrogen (secondary N) is 1. The second-order valence-electron chi connectivity index (χ2n) is 7.45. The summed E-state index contributed by atoms with van der Waals surface area (Å²) >= 11 is 1.49. The van der Waals surface area contributed by atoms with E-state index in [2.05, 4.69) is 80.5 Å². The highest BCUT2D eigenvalue weighted by Gasteiger charge is 2.09. The van der Waals surface area contributed by atoms with Crippen molar-refractivity contribution in [3.05, 3.63) is 75.7 Å². The van der Waals surface area contributed by atoms with E-state index in [1.807, 2.05) is 11.4 Å². The first-order chi connectivity index (χ1) is 13.5. The summed E-state index contributed by atoms with van der Waals surface area (Å²) in [6, 6.07) is 17.0. The number of nitriles is 1. The smallest absolute Gasteiger partial charge is 0.136 e. The molecule has 3 nitrogen and oxygen atoms in total. The largest absolute Gasteiger partial charge is 0.360 e. The fourth-order valence-electron chi connectivity index (χ4n) is 2.94. The Labute approximate surface area is 171 Å². The lowest BCUT2D eigenvalue weighted by atomic mass is 10.0. The van der Waals surface area contributed by atoms with Crippen molar-refractivity contribution in [1.29, 1.82) is 5.26 Å². The average Bonchev–Trinajstić information content (AvgIpc) is 3.15. The van der Waals surface area contributed by atoms with E-state index in [0.717, 1.165) is 28.4 Å². The van der Waals surface area contributed by atoms with Crippen molar-refractivity contribution in [3.63, 3.8) is 0 Å². The zero-order valence-corrected chi connectivity index (χ0v) is 17.6. The molecule has 0 atom stereocenters. The highest BCUT2D eigenvalue weighted by Crippen LogP contribution is 2.27. The van der Waals surface area contributed by atoms with Crippen LogP contribution < -0.4 is 5.32 Å². The lowest BCUT2D eigenvalue weighted by Gasteiger charge is -2.05. The molecule has 142 valence electrons. The van der Waals surface area contributed by atoms with Gasteiger partial charge in [0.15, 0.2) is 0 Å². The minimum absolute atomic E-state index is 0.533. The molecule has 3 aromatic rings. The predicted molar refractivity (Wildman–Crippen MR) is 119 cm³/mol. The molecule has 0 aliphatic carbocycles. The summed E-state index contributed by atoms with van der Waals surface area (Å²) in [6.45, 7) is 8.61. The molecule has 0 saturated carbocycles. The van der Waals surface area contributed by atoms with Gasteiger partial charge in [0.25, 0.3) is 0 Å². The minimum atomic E-state index is 0.533. The lowest BCUT2D eigenvalue weighted by Crippen LogP contribution is -1.93. The third-order valence-electron chi connectivity index (χ3n) is 4.64. The number of aryl methyl sites for hydroxylation is 2. The molecule has 0 fully saturated rings. The summed E-state index contributed by atoms with van der Waals surface area (Å²) < 4.78 is 0. The minimum Gasteiger partial charge on any atom is -0.360 e. The van der Waals surface area contributed by atoms with E-state index in [4.69, 9.17) is 0 Å². The molecule has 0 spiro atoms. The third-order valence-corrected chi connectivity index (χ3v) is 5.51. The molecule has 1 aromatic heterocycles. The van der Waals surface area contributed by atoms with Gasteiger partial charge in [-0.25, -0.2) is 4.98 Å². The molecule has 3 rings (SSSR count). The maximum absolute atomic E-state index is 9.56. The van der Waals surface area contributed by atoms with Crippen molar-refractivity contribution >= 4 is 22.6 Å². The van der Waals surface area contributed by atoms with Gasteiger partial charge in [-0.15, -0.1) is 11.3 Å². The van der Waals surface area contributed by atoms with Crippen LogP contribution in [0.1, 0.15) is 35.5 Å². The molecular formula is C24H25N3S. The van der Waals surface area contributed by atoms with E-state index in [-0.39, 0.29) is 0 Å². The van der Waals surface area contributed by atoms with Crippen molar-refractivity contribution in [3.8, 4) is 17.3 Å². The van der Waals surface area contributed by atoms with Gasteiger partial charge in [-0.05, 0) is 55.0 Å². The van der Waals surface area contributed by atoms with Crippen LogP contribution in [0, 0.1) is 31.1 Å². The van der Waals surface area contributed by atoms with Gasteiger partial charge in [0.05, 0.1) is 5.69 Å². The quantitative estimate of drug-likeness (QED) is 0.485. The summed E-state index contributed by atoms with van der Waals surface area (Å²) in [5.74, 6) is 0.643. The fraction of sp³-hybridized carbons (Fsp3) is 0.250. The molecule has 0 aliphatic heterocycles. The number of hydrogen-bond donors (Lipinski definition) is 1. The van der Waals surface area contributed by atoms with Crippen molar-refractivity contribution < 1.29 is 0 Å². The molecule has 2 aromatic carbocycles. The van der Waals surface area contributed by atoms with Gasteiger partial charge in [0, 0.05) is 22.8 Å². The van der Waals surface area contributed by atoms with Gasteiger partial charge in [0.1, 0.15) is 16.6 Å². The number of thiazole rings is 1. The summed E-state index contributed by atoms with van der Waals surface area (Å²) in [7, 11) is 0. The van der Waals surface area contributed by atoms with Crippen LogP contribution >= 0.6 is 11.3 Å². The Hall–Kier alpha value is -2.90. The average molecular weight is 388 g/mol. The summed E-state index contributed by atoms with van der Waals surface area (Å²) in [6.07, 6.45) is 2.81. The van der Waals surface area contributed by atoms with Crippen molar-refractivity contribution in [2.24, 2.45) is 5.92 Å². The Morgan fingerprint density at radius 2 is 1.89 bits per heavy atom. The number of allylic oxidation sites excluding steroid dienone is 1. The number of anilines is 1. The van der Waals surface area contributed by atoms with Crippen LogP contribution in [0.15, 0.2) is 54.0 Å². The van der Waals surface area contributed by atoms with Gasteiger partial charge in [-0.1, -0.05) is 44.2 Å². The Morgan fingerprint density at radius 1 is 1.14 bits per heavy atom. The van der Waals surface area contributed by atoms with Crippen LogP contribution in [0.25, 0.3) is 16.8 Å². The van der Waals surface area contributed by atoms with E-state index in [1.54, 1.807) is 6.20 Å². The van der Waals surface area contributed by atoms with Gasteiger partial charge in [-0.2, -0.15) is 5.26 Å². The fourth-order valence-corrected chi connectivity index (χ4v) is 3.74. The van der Waals surface area contributed by atoms with Crippen molar-refractivity contribution in [2.75, 3.05) is 5.32 Å². The number of rotatable bonds is 6. The molecule has 0 bridgehead atoms. The Kier molecular flexibility index (Phi) is 6.28. The van der Waals surface area contributed by atoms with Gasteiger partial charge < -0.3 is 5.32 Å². The Balaban J connectivity index is 1.77. The Morgan fingerprint density at radius 3 is 2.54 bits per heavy atom.